The third kappa shape index (κ3) is 3.06. The standard InChI is InChI=1S/C20H24N2O3/c1-5-22(14-9-7-6-8-10-14)19(23)18-13(2)17-15(21-24)11-20(3,4)12-16(17)25-18/h6-10,24H,5,11-12H2,1-4H3/b21-15-. The molecule has 3 rings (SSSR count). The molecule has 0 saturated heterocycles. The molecule has 1 N–H and O–H groups in total. The van der Waals surface area contributed by atoms with E-state index in [2.05, 4.69) is 19.0 Å². The van der Waals surface area contributed by atoms with Crippen LogP contribution in [0.2, 0.25) is 0 Å². The summed E-state index contributed by atoms with van der Waals surface area (Å²) in [5.74, 6) is 0.888. The van der Waals surface area contributed by atoms with Crippen LogP contribution >= 0.6 is 0 Å². The molecule has 0 fully saturated rings. The average molecular weight is 340 g/mol. The van der Waals surface area contributed by atoms with Gasteiger partial charge in [-0.05, 0) is 37.8 Å². The van der Waals surface area contributed by atoms with Gasteiger partial charge in [-0.25, -0.2) is 0 Å². The molecule has 132 valence electrons. The minimum Gasteiger partial charge on any atom is -0.455 e. The Hall–Kier alpha value is -2.56. The molecule has 1 amide bonds. The first-order valence-corrected chi connectivity index (χ1v) is 8.58. The second kappa shape index (κ2) is 6.39. The SMILES string of the molecule is CCN(C(=O)c1oc2c(c1C)/C(=N\O)CC(C)(C)C2)c1ccccc1. The third-order valence-corrected chi connectivity index (χ3v) is 4.74. The number of fused-ring (bicyclic) bond motifs is 1. The molecule has 5 nitrogen and oxygen atoms in total. The summed E-state index contributed by atoms with van der Waals surface area (Å²) in [6, 6.07) is 9.55. The van der Waals surface area contributed by atoms with Crippen molar-refractivity contribution in [2.24, 2.45) is 10.6 Å². The number of para-hydroxylation sites is 1. The highest BCUT2D eigenvalue weighted by atomic mass is 16.4. The van der Waals surface area contributed by atoms with Crippen LogP contribution in [0.3, 0.4) is 0 Å². The van der Waals surface area contributed by atoms with Crippen LogP contribution in [-0.2, 0) is 6.42 Å². The summed E-state index contributed by atoms with van der Waals surface area (Å²) in [5.41, 5.74) is 2.89. The van der Waals surface area contributed by atoms with E-state index in [9.17, 15) is 10.0 Å². The molecule has 1 aliphatic carbocycles. The summed E-state index contributed by atoms with van der Waals surface area (Å²) in [6.45, 7) is 8.54. The van der Waals surface area contributed by atoms with E-state index in [-0.39, 0.29) is 11.3 Å². The van der Waals surface area contributed by atoms with Crippen LogP contribution in [0, 0.1) is 12.3 Å². The third-order valence-electron chi connectivity index (χ3n) is 4.74. The monoisotopic (exact) mass is 340 g/mol. The van der Waals surface area contributed by atoms with Crippen molar-refractivity contribution in [3.8, 4) is 0 Å². The maximum absolute atomic E-state index is 13.1. The molecule has 0 aliphatic heterocycles. The molecule has 0 spiro atoms. The highest BCUT2D eigenvalue weighted by molar-refractivity contribution is 6.10. The lowest BCUT2D eigenvalue weighted by atomic mass is 9.75. The number of carbonyl (C=O) groups excluding carboxylic acids is 1. The summed E-state index contributed by atoms with van der Waals surface area (Å²) in [5, 5.41) is 12.9. The fourth-order valence-electron chi connectivity index (χ4n) is 3.58. The van der Waals surface area contributed by atoms with E-state index < -0.39 is 0 Å². The molecule has 5 heteroatoms. The summed E-state index contributed by atoms with van der Waals surface area (Å²) < 4.78 is 5.99. The van der Waals surface area contributed by atoms with Crippen molar-refractivity contribution in [2.45, 2.75) is 40.5 Å². The van der Waals surface area contributed by atoms with E-state index in [0.717, 1.165) is 22.6 Å². The predicted molar refractivity (Wildman–Crippen MR) is 97.7 cm³/mol. The zero-order valence-corrected chi connectivity index (χ0v) is 15.2. The minimum absolute atomic E-state index is 0.0664. The lowest BCUT2D eigenvalue weighted by Gasteiger charge is -2.28. The van der Waals surface area contributed by atoms with E-state index in [0.29, 0.717) is 30.9 Å². The van der Waals surface area contributed by atoms with E-state index >= 15 is 0 Å². The van der Waals surface area contributed by atoms with Gasteiger partial charge in [0, 0.05) is 29.8 Å². The Bertz CT molecular complexity index is 819. The van der Waals surface area contributed by atoms with Crippen LogP contribution in [0.15, 0.2) is 39.9 Å². The number of anilines is 1. The lowest BCUT2D eigenvalue weighted by molar-refractivity contribution is 0.0958. The van der Waals surface area contributed by atoms with E-state index in [1.807, 2.05) is 44.2 Å². The number of rotatable bonds is 3. The highest BCUT2D eigenvalue weighted by Gasteiger charge is 2.37. The van der Waals surface area contributed by atoms with Crippen molar-refractivity contribution in [3.63, 3.8) is 0 Å². The first-order chi connectivity index (χ1) is 11.9. The number of nitrogens with zero attached hydrogens (tertiary/aromatic N) is 2. The number of oxime groups is 1. The van der Waals surface area contributed by atoms with Crippen LogP contribution in [0.25, 0.3) is 0 Å². The fourth-order valence-corrected chi connectivity index (χ4v) is 3.58. The average Bonchev–Trinajstić information content (AvgIpc) is 2.91. The molecule has 0 saturated carbocycles. The topological polar surface area (TPSA) is 66.0 Å². The molecule has 1 heterocycles. The Morgan fingerprint density at radius 3 is 2.56 bits per heavy atom. The van der Waals surface area contributed by atoms with Crippen molar-refractivity contribution in [2.75, 3.05) is 11.4 Å². The largest absolute Gasteiger partial charge is 0.455 e. The summed E-state index contributed by atoms with van der Waals surface area (Å²) >= 11 is 0. The second-order valence-electron chi connectivity index (χ2n) is 7.30. The van der Waals surface area contributed by atoms with Gasteiger partial charge in [-0.3, -0.25) is 4.79 Å². The van der Waals surface area contributed by atoms with Crippen molar-refractivity contribution in [1.29, 1.82) is 0 Å². The first kappa shape index (κ1) is 17.3. The Morgan fingerprint density at radius 2 is 1.96 bits per heavy atom. The molecule has 2 aromatic rings. The quantitative estimate of drug-likeness (QED) is 0.665. The van der Waals surface area contributed by atoms with Crippen molar-refractivity contribution >= 4 is 17.3 Å². The molecule has 1 aliphatic rings. The minimum atomic E-state index is -0.171. The highest BCUT2D eigenvalue weighted by Crippen LogP contribution is 2.39. The van der Waals surface area contributed by atoms with Crippen LogP contribution in [0.5, 0.6) is 0 Å². The van der Waals surface area contributed by atoms with Crippen LogP contribution in [0.4, 0.5) is 5.69 Å². The van der Waals surface area contributed by atoms with E-state index in [1.165, 1.54) is 0 Å². The summed E-state index contributed by atoms with van der Waals surface area (Å²) in [4.78, 5) is 14.8. The number of hydrogen-bond donors (Lipinski definition) is 1. The molecule has 1 aromatic heterocycles. The zero-order valence-electron chi connectivity index (χ0n) is 15.2. The van der Waals surface area contributed by atoms with Gasteiger partial charge in [-0.2, -0.15) is 0 Å². The lowest BCUT2D eigenvalue weighted by Crippen LogP contribution is -2.30. The molecule has 0 bridgehead atoms. The van der Waals surface area contributed by atoms with Crippen molar-refractivity contribution in [1.82, 2.24) is 0 Å². The van der Waals surface area contributed by atoms with Gasteiger partial charge < -0.3 is 14.5 Å². The molecule has 0 radical (unpaired) electrons. The first-order valence-electron chi connectivity index (χ1n) is 8.58. The predicted octanol–water partition coefficient (Wildman–Crippen LogP) is 4.41. The maximum atomic E-state index is 13.1. The Balaban J connectivity index is 2.05. The van der Waals surface area contributed by atoms with Crippen LogP contribution < -0.4 is 4.90 Å². The van der Waals surface area contributed by atoms with Crippen LogP contribution in [0.1, 0.15) is 54.6 Å². The summed E-state index contributed by atoms with van der Waals surface area (Å²) in [7, 11) is 0. The number of benzene rings is 1. The Kier molecular flexibility index (Phi) is 4.41. The molecular formula is C20H24N2O3. The molecule has 0 unspecified atom stereocenters. The van der Waals surface area contributed by atoms with Crippen LogP contribution in [-0.4, -0.2) is 23.4 Å². The van der Waals surface area contributed by atoms with Gasteiger partial charge in [0.05, 0.1) is 5.71 Å². The number of furan rings is 1. The van der Waals surface area contributed by atoms with Gasteiger partial charge in [0.15, 0.2) is 5.76 Å². The van der Waals surface area contributed by atoms with Gasteiger partial charge >= 0.3 is 0 Å². The van der Waals surface area contributed by atoms with Gasteiger partial charge in [-0.1, -0.05) is 37.2 Å². The van der Waals surface area contributed by atoms with Gasteiger partial charge in [0.1, 0.15) is 5.76 Å². The smallest absolute Gasteiger partial charge is 0.294 e. The fraction of sp³-hybridized carbons (Fsp3) is 0.400. The zero-order chi connectivity index (χ0) is 18.2. The summed E-state index contributed by atoms with van der Waals surface area (Å²) in [6.07, 6.45) is 1.37. The van der Waals surface area contributed by atoms with Crippen molar-refractivity contribution < 1.29 is 14.4 Å². The molecular weight excluding hydrogens is 316 g/mol. The van der Waals surface area contributed by atoms with Gasteiger partial charge in [0.25, 0.3) is 5.91 Å². The number of hydrogen-bond acceptors (Lipinski definition) is 4. The number of carbonyl (C=O) groups is 1. The van der Waals surface area contributed by atoms with E-state index in [1.54, 1.807) is 4.90 Å². The number of amides is 1. The second-order valence-corrected chi connectivity index (χ2v) is 7.30. The maximum Gasteiger partial charge on any atom is 0.294 e. The van der Waals surface area contributed by atoms with Gasteiger partial charge in [0.2, 0.25) is 0 Å². The van der Waals surface area contributed by atoms with Crippen molar-refractivity contribution in [3.05, 3.63) is 53.0 Å². The van der Waals surface area contributed by atoms with Gasteiger partial charge in [-0.15, -0.1) is 0 Å². The Labute approximate surface area is 147 Å². The molecule has 1 aromatic carbocycles. The molecule has 25 heavy (non-hydrogen) atoms. The normalized spacial score (nSPS) is 17.4. The molecule has 0 atom stereocenters. The van der Waals surface area contributed by atoms with E-state index in [4.69, 9.17) is 4.42 Å². The Morgan fingerprint density at radius 1 is 1.28 bits per heavy atom.